The van der Waals surface area contributed by atoms with Crippen LogP contribution in [0, 0.1) is 0 Å². The number of nitrogens with zero attached hydrogens (tertiary/aromatic N) is 5. The van der Waals surface area contributed by atoms with Crippen molar-refractivity contribution in [3.8, 4) is 5.95 Å². The smallest absolute Gasteiger partial charge is 0.248 e. The quantitative estimate of drug-likeness (QED) is 0.394. The van der Waals surface area contributed by atoms with Gasteiger partial charge in [0, 0.05) is 30.5 Å². The molecule has 1 aliphatic rings. The first-order chi connectivity index (χ1) is 15.7. The van der Waals surface area contributed by atoms with Crippen molar-refractivity contribution in [2.24, 2.45) is 5.73 Å². The van der Waals surface area contributed by atoms with Gasteiger partial charge in [-0.3, -0.25) is 9.36 Å². The van der Waals surface area contributed by atoms with E-state index in [0.29, 0.717) is 24.2 Å². The summed E-state index contributed by atoms with van der Waals surface area (Å²) in [5.74, 6) is 0.890. The molecule has 0 bridgehead atoms. The Hall–Kier alpha value is -3.44. The fourth-order valence-electron chi connectivity index (χ4n) is 3.35. The number of carbonyl (C=O) groups excluding carboxylic acids is 1. The average molecular weight is 456 g/mol. The lowest BCUT2D eigenvalue weighted by molar-refractivity contribution is -0.116. The van der Waals surface area contributed by atoms with Gasteiger partial charge in [0.2, 0.25) is 23.8 Å². The third kappa shape index (κ3) is 5.83. The Morgan fingerprint density at radius 3 is 2.94 bits per heavy atom. The summed E-state index contributed by atoms with van der Waals surface area (Å²) in [5.41, 5.74) is 6.67. The molecule has 0 aliphatic carbocycles. The van der Waals surface area contributed by atoms with Crippen LogP contribution < -0.4 is 16.0 Å². The number of rotatable bonds is 12. The number of nitrogens with two attached hydrogens (primary N) is 1. The Kier molecular flexibility index (Phi) is 7.31. The molecular weight excluding hydrogens is 430 g/mol. The zero-order valence-corrected chi connectivity index (χ0v) is 18.3. The summed E-state index contributed by atoms with van der Waals surface area (Å²) in [6.07, 6.45) is 8.28. The molecule has 1 amide bonds. The number of hydrogen-bond donors (Lipinski definition) is 2. The number of imidazole rings is 1. The van der Waals surface area contributed by atoms with Crippen LogP contribution in [-0.4, -0.2) is 57.3 Å². The first-order valence-electron chi connectivity index (χ1n) is 10.3. The molecule has 1 atom stereocenters. The van der Waals surface area contributed by atoms with E-state index >= 15 is 0 Å². The number of anilines is 1. The van der Waals surface area contributed by atoms with E-state index in [0.717, 1.165) is 18.6 Å². The summed E-state index contributed by atoms with van der Waals surface area (Å²) < 4.78 is 16.9. The Labute approximate surface area is 189 Å². The second-order valence-corrected chi connectivity index (χ2v) is 7.96. The molecule has 32 heavy (non-hydrogen) atoms. The number of ether oxygens (including phenoxy) is 2. The average Bonchev–Trinajstić information content (AvgIpc) is 3.57. The van der Waals surface area contributed by atoms with Crippen LogP contribution >= 0.6 is 11.5 Å². The molecule has 4 rings (SSSR count). The van der Waals surface area contributed by atoms with E-state index in [-0.39, 0.29) is 19.4 Å². The topological polar surface area (TPSA) is 120 Å². The van der Waals surface area contributed by atoms with Crippen LogP contribution in [0.4, 0.5) is 5.13 Å². The third-order valence-electron chi connectivity index (χ3n) is 4.87. The van der Waals surface area contributed by atoms with Crippen molar-refractivity contribution in [1.29, 1.82) is 0 Å². The maximum atomic E-state index is 11.6. The first-order valence-corrected chi connectivity index (χ1v) is 11.0. The van der Waals surface area contributed by atoms with Gasteiger partial charge in [0.15, 0.2) is 5.76 Å². The molecule has 11 heteroatoms. The number of benzene rings is 1. The zero-order valence-electron chi connectivity index (χ0n) is 17.5. The lowest BCUT2D eigenvalue weighted by Gasteiger charge is -2.22. The predicted molar refractivity (Wildman–Crippen MR) is 120 cm³/mol. The van der Waals surface area contributed by atoms with Gasteiger partial charge in [0.05, 0.1) is 12.6 Å². The Balaban J connectivity index is 1.35. The molecule has 0 radical (unpaired) electrons. The molecule has 1 aromatic carbocycles. The predicted octanol–water partition coefficient (Wildman–Crippen LogP) is 1.45. The highest BCUT2D eigenvalue weighted by Gasteiger charge is 2.21. The maximum Gasteiger partial charge on any atom is 0.248 e. The molecule has 0 spiro atoms. The van der Waals surface area contributed by atoms with E-state index in [9.17, 15) is 4.79 Å². The molecule has 3 aromatic rings. The number of amides is 1. The molecule has 0 saturated carbocycles. The monoisotopic (exact) mass is 455 g/mol. The van der Waals surface area contributed by atoms with E-state index in [1.54, 1.807) is 29.6 Å². The maximum absolute atomic E-state index is 11.6. The zero-order chi connectivity index (χ0) is 22.2. The molecular formula is C21H25N7O3S. The van der Waals surface area contributed by atoms with E-state index in [2.05, 4.69) is 31.8 Å². The largest absolute Gasteiger partial charge is 0.462 e. The highest BCUT2D eigenvalue weighted by atomic mass is 32.1. The van der Waals surface area contributed by atoms with Crippen molar-refractivity contribution in [1.82, 2.24) is 24.2 Å². The molecule has 1 unspecified atom stereocenters. The molecule has 2 aromatic heterocycles. The summed E-state index contributed by atoms with van der Waals surface area (Å²) >= 11 is 1.23. The summed E-state index contributed by atoms with van der Waals surface area (Å²) in [6.45, 7) is 1.63. The van der Waals surface area contributed by atoms with Crippen molar-refractivity contribution in [3.05, 3.63) is 66.6 Å². The highest BCUT2D eigenvalue weighted by Crippen LogP contribution is 2.20. The van der Waals surface area contributed by atoms with Crippen LogP contribution in [0.2, 0.25) is 0 Å². The molecule has 0 saturated heterocycles. The number of hydrogen-bond acceptors (Lipinski definition) is 9. The molecule has 3 heterocycles. The SMILES string of the molecule is NC(=O)CN(CCCNC(Cc1ccccc1)C1=COCO1)c1nc(-n2ccnc2)ns1. The van der Waals surface area contributed by atoms with Crippen molar-refractivity contribution >= 4 is 22.6 Å². The van der Waals surface area contributed by atoms with Gasteiger partial charge in [0.1, 0.15) is 12.6 Å². The van der Waals surface area contributed by atoms with Crippen molar-refractivity contribution in [2.75, 3.05) is 31.3 Å². The van der Waals surface area contributed by atoms with Crippen LogP contribution in [0.1, 0.15) is 12.0 Å². The van der Waals surface area contributed by atoms with Gasteiger partial charge in [-0.25, -0.2) is 4.98 Å². The number of aromatic nitrogens is 4. The standard InChI is InChI=1S/C21H25N7O3S/c22-19(29)12-27(21-25-20(26-32-21)28-10-8-23-14-28)9-4-7-24-17(18-13-30-15-31-18)11-16-5-2-1-3-6-16/h1-3,5-6,8,10,13-14,17,24H,4,7,9,11-12,15H2,(H2,22,29). The van der Waals surface area contributed by atoms with E-state index < -0.39 is 5.91 Å². The first kappa shape index (κ1) is 21.8. The Bertz CT molecular complexity index is 1020. The fraction of sp³-hybridized carbons (Fsp3) is 0.333. The van der Waals surface area contributed by atoms with E-state index in [1.807, 2.05) is 23.1 Å². The van der Waals surface area contributed by atoms with Crippen molar-refractivity contribution < 1.29 is 14.3 Å². The van der Waals surface area contributed by atoms with Crippen LogP contribution in [0.5, 0.6) is 0 Å². The Morgan fingerprint density at radius 2 is 2.22 bits per heavy atom. The number of nitrogens with one attached hydrogen (secondary N) is 1. The fourth-order valence-corrected chi connectivity index (χ4v) is 4.05. The summed E-state index contributed by atoms with van der Waals surface area (Å²) in [5, 5.41) is 4.18. The summed E-state index contributed by atoms with van der Waals surface area (Å²) in [7, 11) is 0. The van der Waals surface area contributed by atoms with Gasteiger partial charge in [-0.2, -0.15) is 9.36 Å². The second-order valence-electron chi connectivity index (χ2n) is 7.23. The highest BCUT2D eigenvalue weighted by molar-refractivity contribution is 7.09. The normalized spacial score (nSPS) is 13.8. The molecule has 3 N–H and O–H groups in total. The third-order valence-corrected chi connectivity index (χ3v) is 5.64. The molecule has 0 fully saturated rings. The van der Waals surface area contributed by atoms with Gasteiger partial charge in [-0.1, -0.05) is 30.3 Å². The van der Waals surface area contributed by atoms with Gasteiger partial charge in [-0.05, 0) is 24.9 Å². The van der Waals surface area contributed by atoms with Gasteiger partial charge >= 0.3 is 0 Å². The summed E-state index contributed by atoms with van der Waals surface area (Å²) in [4.78, 5) is 22.0. The minimum atomic E-state index is -0.416. The minimum Gasteiger partial charge on any atom is -0.462 e. The lowest BCUT2D eigenvalue weighted by atomic mass is 10.0. The van der Waals surface area contributed by atoms with Crippen molar-refractivity contribution in [3.63, 3.8) is 0 Å². The van der Waals surface area contributed by atoms with E-state index in [4.69, 9.17) is 15.2 Å². The molecule has 168 valence electrons. The Morgan fingerprint density at radius 1 is 1.34 bits per heavy atom. The molecule has 10 nitrogen and oxygen atoms in total. The number of primary amides is 1. The van der Waals surface area contributed by atoms with Gasteiger partial charge in [0.25, 0.3) is 0 Å². The number of carbonyl (C=O) groups is 1. The van der Waals surface area contributed by atoms with Crippen LogP contribution in [-0.2, 0) is 20.7 Å². The summed E-state index contributed by atoms with van der Waals surface area (Å²) in [6, 6.07) is 10.2. The molecule has 1 aliphatic heterocycles. The van der Waals surface area contributed by atoms with Gasteiger partial charge < -0.3 is 25.4 Å². The second kappa shape index (κ2) is 10.7. The van der Waals surface area contributed by atoms with Gasteiger partial charge in [-0.15, -0.1) is 0 Å². The van der Waals surface area contributed by atoms with E-state index in [1.165, 1.54) is 17.1 Å². The van der Waals surface area contributed by atoms with Crippen molar-refractivity contribution in [2.45, 2.75) is 18.9 Å². The van der Waals surface area contributed by atoms with Crippen LogP contribution in [0.3, 0.4) is 0 Å². The lowest BCUT2D eigenvalue weighted by Crippen LogP contribution is -2.38. The van der Waals surface area contributed by atoms with Crippen LogP contribution in [0.25, 0.3) is 5.95 Å². The van der Waals surface area contributed by atoms with Crippen LogP contribution in [0.15, 0.2) is 61.1 Å². The minimum absolute atomic E-state index is 0.00105.